The molecule has 0 spiro atoms. The van der Waals surface area contributed by atoms with Gasteiger partial charge < -0.3 is 15.3 Å². The number of nitrogens with one attached hydrogen (secondary N) is 1. The molecule has 0 aliphatic carbocycles. The lowest BCUT2D eigenvalue weighted by Gasteiger charge is -2.32. The van der Waals surface area contributed by atoms with E-state index in [-0.39, 0.29) is 0 Å². The average Bonchev–Trinajstić information content (AvgIpc) is 2.95. The van der Waals surface area contributed by atoms with Crippen molar-refractivity contribution in [3.63, 3.8) is 0 Å². The summed E-state index contributed by atoms with van der Waals surface area (Å²) in [6.07, 6.45) is 5.97. The number of likely N-dealkylation sites (tertiary alicyclic amines) is 2. The summed E-state index contributed by atoms with van der Waals surface area (Å²) in [5.41, 5.74) is -0.794. The van der Waals surface area contributed by atoms with E-state index in [0.29, 0.717) is 19.0 Å². The van der Waals surface area contributed by atoms with E-state index in [0.717, 1.165) is 19.6 Å². The normalized spacial score (nSPS) is 27.6. The fourth-order valence-electron chi connectivity index (χ4n) is 3.64. The van der Waals surface area contributed by atoms with Crippen LogP contribution in [0.1, 0.15) is 46.0 Å². The molecule has 2 atom stereocenters. The predicted octanol–water partition coefficient (Wildman–Crippen LogP) is 1.39. The molecule has 0 aromatic rings. The number of piperidine rings is 1. The molecule has 5 heteroatoms. The molecule has 2 unspecified atom stereocenters. The molecule has 2 N–H and O–H groups in total. The van der Waals surface area contributed by atoms with E-state index in [4.69, 9.17) is 0 Å². The quantitative estimate of drug-likeness (QED) is 0.744. The van der Waals surface area contributed by atoms with Crippen LogP contribution >= 0.6 is 0 Å². The molecule has 2 aliphatic heterocycles. The highest BCUT2D eigenvalue weighted by Gasteiger charge is 2.34. The monoisotopic (exact) mass is 297 g/mol. The first kappa shape index (κ1) is 16.7. The van der Waals surface area contributed by atoms with Crippen molar-refractivity contribution in [3.8, 4) is 0 Å². The lowest BCUT2D eigenvalue weighted by Crippen LogP contribution is -2.51. The number of aliphatic carboxylic acids is 1. The Bertz CT molecular complexity index is 344. The number of hydrogen-bond donors (Lipinski definition) is 2. The summed E-state index contributed by atoms with van der Waals surface area (Å²) in [6, 6.07) is 0.695. The minimum absolute atomic E-state index is 0.670. The van der Waals surface area contributed by atoms with E-state index >= 15 is 0 Å². The molecule has 0 aromatic heterocycles. The van der Waals surface area contributed by atoms with E-state index in [1.165, 1.54) is 38.8 Å². The molecule has 2 saturated heterocycles. The van der Waals surface area contributed by atoms with Crippen LogP contribution in [0, 0.1) is 0 Å². The van der Waals surface area contributed by atoms with Gasteiger partial charge in [-0.2, -0.15) is 0 Å². The van der Waals surface area contributed by atoms with Crippen LogP contribution in [0.4, 0.5) is 0 Å². The SMILES string of the molecule is CCNC(C)(CCN1CCC(N2CCCCC2)C1)C(=O)O. The number of carboxylic acid groups (broad SMARTS) is 1. The van der Waals surface area contributed by atoms with Crippen molar-refractivity contribution in [2.75, 3.05) is 39.3 Å². The van der Waals surface area contributed by atoms with Gasteiger partial charge in [-0.05, 0) is 58.8 Å². The van der Waals surface area contributed by atoms with Crippen LogP contribution in [0.5, 0.6) is 0 Å². The Morgan fingerprint density at radius 3 is 2.62 bits per heavy atom. The van der Waals surface area contributed by atoms with Crippen LogP contribution in [0.3, 0.4) is 0 Å². The Morgan fingerprint density at radius 1 is 1.29 bits per heavy atom. The summed E-state index contributed by atoms with van der Waals surface area (Å²) < 4.78 is 0. The topological polar surface area (TPSA) is 55.8 Å². The van der Waals surface area contributed by atoms with Crippen LogP contribution < -0.4 is 5.32 Å². The van der Waals surface area contributed by atoms with Gasteiger partial charge in [-0.15, -0.1) is 0 Å². The molecule has 2 fully saturated rings. The van der Waals surface area contributed by atoms with Gasteiger partial charge in [-0.3, -0.25) is 9.69 Å². The Labute approximate surface area is 128 Å². The third kappa shape index (κ3) is 4.41. The van der Waals surface area contributed by atoms with Gasteiger partial charge >= 0.3 is 5.97 Å². The maximum absolute atomic E-state index is 11.4. The van der Waals surface area contributed by atoms with Crippen LogP contribution in [0.2, 0.25) is 0 Å². The summed E-state index contributed by atoms with van der Waals surface area (Å²) in [5.74, 6) is -0.740. The summed E-state index contributed by atoms with van der Waals surface area (Å²) in [7, 11) is 0. The van der Waals surface area contributed by atoms with Crippen molar-refractivity contribution in [2.24, 2.45) is 0 Å². The molecule has 122 valence electrons. The van der Waals surface area contributed by atoms with Crippen molar-refractivity contribution in [1.29, 1.82) is 0 Å². The van der Waals surface area contributed by atoms with Crippen molar-refractivity contribution in [2.45, 2.75) is 57.5 Å². The van der Waals surface area contributed by atoms with Crippen LogP contribution in [0.25, 0.3) is 0 Å². The second kappa shape index (κ2) is 7.56. The van der Waals surface area contributed by atoms with Crippen LogP contribution in [0.15, 0.2) is 0 Å². The minimum Gasteiger partial charge on any atom is -0.480 e. The molecule has 5 nitrogen and oxygen atoms in total. The van der Waals surface area contributed by atoms with Gasteiger partial charge in [0.15, 0.2) is 0 Å². The second-order valence-electron chi connectivity index (χ2n) is 6.76. The molecule has 0 radical (unpaired) electrons. The summed E-state index contributed by atoms with van der Waals surface area (Å²) in [4.78, 5) is 16.5. The smallest absolute Gasteiger partial charge is 0.323 e. The number of hydrogen-bond acceptors (Lipinski definition) is 4. The lowest BCUT2D eigenvalue weighted by molar-refractivity contribution is -0.144. The fraction of sp³-hybridized carbons (Fsp3) is 0.938. The number of likely N-dealkylation sites (N-methyl/N-ethyl adjacent to an activating group) is 1. The van der Waals surface area contributed by atoms with Gasteiger partial charge in [0.25, 0.3) is 0 Å². The van der Waals surface area contributed by atoms with Crippen molar-refractivity contribution in [3.05, 3.63) is 0 Å². The highest BCUT2D eigenvalue weighted by Crippen LogP contribution is 2.21. The Hall–Kier alpha value is -0.650. The van der Waals surface area contributed by atoms with E-state index in [1.54, 1.807) is 6.92 Å². The van der Waals surface area contributed by atoms with Gasteiger partial charge in [0, 0.05) is 19.1 Å². The zero-order chi connectivity index (χ0) is 15.3. The highest BCUT2D eigenvalue weighted by molar-refractivity contribution is 5.78. The molecule has 0 saturated carbocycles. The fourth-order valence-corrected chi connectivity index (χ4v) is 3.64. The Kier molecular flexibility index (Phi) is 6.02. The largest absolute Gasteiger partial charge is 0.480 e. The van der Waals surface area contributed by atoms with E-state index in [2.05, 4.69) is 15.1 Å². The standard InChI is InChI=1S/C16H31N3O2/c1-3-17-16(2,15(20)21)8-12-18-11-7-14(13-18)19-9-5-4-6-10-19/h14,17H,3-13H2,1-2H3,(H,20,21). The van der Waals surface area contributed by atoms with E-state index < -0.39 is 11.5 Å². The molecule has 0 amide bonds. The first-order valence-electron chi connectivity index (χ1n) is 8.50. The number of carbonyl (C=O) groups is 1. The first-order valence-corrected chi connectivity index (χ1v) is 8.50. The third-order valence-electron chi connectivity index (χ3n) is 5.12. The molecule has 2 heterocycles. The molecular formula is C16H31N3O2. The Balaban J connectivity index is 1.78. The predicted molar refractivity (Wildman–Crippen MR) is 84.6 cm³/mol. The summed E-state index contributed by atoms with van der Waals surface area (Å²) in [5, 5.41) is 12.5. The molecule has 21 heavy (non-hydrogen) atoms. The zero-order valence-corrected chi connectivity index (χ0v) is 13.6. The maximum Gasteiger partial charge on any atom is 0.323 e. The number of nitrogens with zero attached hydrogens (tertiary/aromatic N) is 2. The molecular weight excluding hydrogens is 266 g/mol. The number of carboxylic acids is 1. The van der Waals surface area contributed by atoms with Crippen LogP contribution in [-0.4, -0.2) is 71.7 Å². The van der Waals surface area contributed by atoms with Gasteiger partial charge in [0.2, 0.25) is 0 Å². The van der Waals surface area contributed by atoms with Gasteiger partial charge in [-0.1, -0.05) is 13.3 Å². The molecule has 0 aromatic carbocycles. The van der Waals surface area contributed by atoms with Crippen LogP contribution in [-0.2, 0) is 4.79 Å². The number of rotatable bonds is 7. The van der Waals surface area contributed by atoms with Crippen molar-refractivity contribution >= 4 is 5.97 Å². The Morgan fingerprint density at radius 2 is 2.00 bits per heavy atom. The third-order valence-corrected chi connectivity index (χ3v) is 5.12. The average molecular weight is 297 g/mol. The maximum atomic E-state index is 11.4. The first-order chi connectivity index (χ1) is 10.0. The summed E-state index contributed by atoms with van der Waals surface area (Å²) in [6.45, 7) is 10.1. The molecule has 0 bridgehead atoms. The van der Waals surface area contributed by atoms with E-state index in [9.17, 15) is 9.90 Å². The van der Waals surface area contributed by atoms with Gasteiger partial charge in [0.05, 0.1) is 0 Å². The van der Waals surface area contributed by atoms with Gasteiger partial charge in [0.1, 0.15) is 5.54 Å². The molecule has 2 aliphatic rings. The zero-order valence-electron chi connectivity index (χ0n) is 13.6. The summed E-state index contributed by atoms with van der Waals surface area (Å²) >= 11 is 0. The van der Waals surface area contributed by atoms with E-state index in [1.807, 2.05) is 6.92 Å². The lowest BCUT2D eigenvalue weighted by atomic mass is 9.97. The highest BCUT2D eigenvalue weighted by atomic mass is 16.4. The second-order valence-corrected chi connectivity index (χ2v) is 6.76. The minimum atomic E-state index is -0.794. The van der Waals surface area contributed by atoms with Gasteiger partial charge in [-0.25, -0.2) is 0 Å². The van der Waals surface area contributed by atoms with Crippen molar-refractivity contribution in [1.82, 2.24) is 15.1 Å². The molecule has 2 rings (SSSR count). The van der Waals surface area contributed by atoms with Crippen molar-refractivity contribution < 1.29 is 9.90 Å².